The summed E-state index contributed by atoms with van der Waals surface area (Å²) in [7, 11) is 0. The lowest BCUT2D eigenvalue weighted by Crippen LogP contribution is -2.95. The molecule has 5 N–H and O–H groups in total. The SMILES string of the molecule is Oc1ccc(C[NH2+]C[C@H]2[NH2+]CCc3ccccc32)cc1Cl. The minimum atomic E-state index is 0.148. The molecule has 0 unspecified atom stereocenters. The van der Waals surface area contributed by atoms with E-state index in [-0.39, 0.29) is 5.75 Å². The lowest BCUT2D eigenvalue weighted by atomic mass is 9.94. The highest BCUT2D eigenvalue weighted by atomic mass is 35.5. The largest absolute Gasteiger partial charge is 0.506 e. The third kappa shape index (κ3) is 3.38. The van der Waals surface area contributed by atoms with Gasteiger partial charge in [-0.15, -0.1) is 0 Å². The maximum Gasteiger partial charge on any atom is 0.161 e. The van der Waals surface area contributed by atoms with Crippen LogP contribution >= 0.6 is 11.6 Å². The summed E-state index contributed by atoms with van der Waals surface area (Å²) in [5.74, 6) is 0.148. The molecule has 4 heteroatoms. The molecule has 0 fully saturated rings. The van der Waals surface area contributed by atoms with Gasteiger partial charge in [-0.2, -0.15) is 0 Å². The van der Waals surface area contributed by atoms with Crippen LogP contribution in [0.25, 0.3) is 0 Å². The van der Waals surface area contributed by atoms with Crippen LogP contribution in [0.15, 0.2) is 42.5 Å². The van der Waals surface area contributed by atoms with E-state index in [9.17, 15) is 5.11 Å². The number of phenolic OH excluding ortho intramolecular Hbond substituents is 1. The van der Waals surface area contributed by atoms with Gasteiger partial charge in [-0.3, -0.25) is 0 Å². The van der Waals surface area contributed by atoms with Crippen molar-refractivity contribution in [3.8, 4) is 5.75 Å². The van der Waals surface area contributed by atoms with E-state index in [0.717, 1.165) is 18.7 Å². The number of halogens is 1. The van der Waals surface area contributed by atoms with Gasteiger partial charge in [0.25, 0.3) is 0 Å². The zero-order chi connectivity index (χ0) is 14.7. The van der Waals surface area contributed by atoms with Crippen LogP contribution in [0, 0.1) is 0 Å². The van der Waals surface area contributed by atoms with Crippen LogP contribution in [0.5, 0.6) is 5.75 Å². The van der Waals surface area contributed by atoms with E-state index in [1.807, 2.05) is 12.1 Å². The van der Waals surface area contributed by atoms with Crippen LogP contribution in [0.3, 0.4) is 0 Å². The molecule has 1 atom stereocenters. The van der Waals surface area contributed by atoms with Crippen LogP contribution in [0.2, 0.25) is 5.02 Å². The first-order chi connectivity index (χ1) is 10.2. The van der Waals surface area contributed by atoms with E-state index in [1.165, 1.54) is 24.1 Å². The molecule has 2 aromatic rings. The first-order valence-electron chi connectivity index (χ1n) is 7.44. The summed E-state index contributed by atoms with van der Waals surface area (Å²) in [5, 5.41) is 14.6. The van der Waals surface area contributed by atoms with Crippen molar-refractivity contribution >= 4 is 11.6 Å². The second kappa shape index (κ2) is 6.48. The standard InChI is InChI=1S/C17H19ClN2O/c18-15-9-12(5-6-17(15)21)10-19-11-16-14-4-2-1-3-13(14)7-8-20-16/h1-6,9,16,19-21H,7-8,10-11H2/p+2/t16-/m1/s1. The number of quaternary nitrogens is 2. The number of rotatable bonds is 4. The van der Waals surface area contributed by atoms with E-state index < -0.39 is 0 Å². The molecule has 1 heterocycles. The number of hydrogen-bond donors (Lipinski definition) is 3. The molecule has 0 aromatic heterocycles. The Balaban J connectivity index is 1.60. The number of aromatic hydroxyl groups is 1. The molecule has 0 saturated carbocycles. The van der Waals surface area contributed by atoms with Crippen molar-refractivity contribution in [2.75, 3.05) is 13.1 Å². The molecule has 110 valence electrons. The predicted molar refractivity (Wildman–Crippen MR) is 83.3 cm³/mol. The van der Waals surface area contributed by atoms with Gasteiger partial charge in [0.15, 0.2) is 6.04 Å². The fraction of sp³-hybridized carbons (Fsp3) is 0.294. The fourth-order valence-corrected chi connectivity index (χ4v) is 3.22. The highest BCUT2D eigenvalue weighted by Crippen LogP contribution is 2.23. The Morgan fingerprint density at radius 1 is 1.24 bits per heavy atom. The smallest absolute Gasteiger partial charge is 0.161 e. The maximum atomic E-state index is 9.44. The number of fused-ring (bicyclic) bond motifs is 1. The van der Waals surface area contributed by atoms with Crippen molar-refractivity contribution in [1.29, 1.82) is 0 Å². The van der Waals surface area contributed by atoms with Gasteiger partial charge >= 0.3 is 0 Å². The monoisotopic (exact) mass is 304 g/mol. The Morgan fingerprint density at radius 3 is 2.95 bits per heavy atom. The molecule has 1 aliphatic heterocycles. The lowest BCUT2D eigenvalue weighted by molar-refractivity contribution is -0.763. The fourth-order valence-electron chi connectivity index (χ4n) is 3.02. The van der Waals surface area contributed by atoms with Gasteiger partial charge < -0.3 is 15.7 Å². The summed E-state index contributed by atoms with van der Waals surface area (Å²) < 4.78 is 0. The first kappa shape index (κ1) is 14.4. The zero-order valence-electron chi connectivity index (χ0n) is 11.9. The molecule has 0 amide bonds. The Morgan fingerprint density at radius 2 is 2.10 bits per heavy atom. The third-order valence-corrected chi connectivity index (χ3v) is 4.43. The number of phenols is 1. The molecule has 0 saturated heterocycles. The number of benzene rings is 2. The quantitative estimate of drug-likeness (QED) is 0.774. The molecule has 2 aromatic carbocycles. The Hall–Kier alpha value is -1.55. The third-order valence-electron chi connectivity index (χ3n) is 4.13. The van der Waals surface area contributed by atoms with E-state index in [0.29, 0.717) is 11.1 Å². The van der Waals surface area contributed by atoms with E-state index >= 15 is 0 Å². The van der Waals surface area contributed by atoms with Crippen molar-refractivity contribution < 1.29 is 15.7 Å². The van der Waals surface area contributed by atoms with Crippen molar-refractivity contribution in [2.24, 2.45) is 0 Å². The molecule has 0 aliphatic carbocycles. The van der Waals surface area contributed by atoms with E-state index in [2.05, 4.69) is 34.9 Å². The summed E-state index contributed by atoms with van der Waals surface area (Å²) in [4.78, 5) is 0. The van der Waals surface area contributed by atoms with Gasteiger partial charge in [0.2, 0.25) is 0 Å². The van der Waals surface area contributed by atoms with Crippen LogP contribution in [0.4, 0.5) is 0 Å². The molecular formula is C17H21ClN2O+2. The summed E-state index contributed by atoms with van der Waals surface area (Å²) in [5.41, 5.74) is 4.11. The normalized spacial score (nSPS) is 17.5. The van der Waals surface area contributed by atoms with Gasteiger partial charge in [0.1, 0.15) is 18.8 Å². The highest BCUT2D eigenvalue weighted by Gasteiger charge is 2.23. The van der Waals surface area contributed by atoms with E-state index in [1.54, 1.807) is 6.07 Å². The predicted octanol–water partition coefficient (Wildman–Crippen LogP) is 0.970. The second-order valence-electron chi connectivity index (χ2n) is 5.59. The summed E-state index contributed by atoms with van der Waals surface area (Å²) in [6.45, 7) is 3.10. The summed E-state index contributed by atoms with van der Waals surface area (Å²) in [6.07, 6.45) is 1.17. The Labute approximate surface area is 130 Å². The molecule has 0 bridgehead atoms. The summed E-state index contributed by atoms with van der Waals surface area (Å²) >= 11 is 5.94. The summed E-state index contributed by atoms with van der Waals surface area (Å²) in [6, 6.07) is 14.7. The van der Waals surface area contributed by atoms with Gasteiger partial charge in [-0.1, -0.05) is 35.9 Å². The lowest BCUT2D eigenvalue weighted by Gasteiger charge is -2.22. The van der Waals surface area contributed by atoms with Gasteiger partial charge in [-0.25, -0.2) is 0 Å². The minimum absolute atomic E-state index is 0.148. The van der Waals surface area contributed by atoms with Gasteiger partial charge in [0, 0.05) is 17.5 Å². The topological polar surface area (TPSA) is 53.5 Å². The maximum absolute atomic E-state index is 9.44. The second-order valence-corrected chi connectivity index (χ2v) is 6.00. The molecular weight excluding hydrogens is 284 g/mol. The Bertz CT molecular complexity index is 630. The first-order valence-corrected chi connectivity index (χ1v) is 7.82. The van der Waals surface area contributed by atoms with Crippen molar-refractivity contribution in [3.05, 3.63) is 64.2 Å². The van der Waals surface area contributed by atoms with Crippen LogP contribution in [-0.2, 0) is 13.0 Å². The van der Waals surface area contributed by atoms with E-state index in [4.69, 9.17) is 11.6 Å². The molecule has 0 radical (unpaired) electrons. The van der Waals surface area contributed by atoms with Gasteiger partial charge in [-0.05, 0) is 23.8 Å². The van der Waals surface area contributed by atoms with Crippen LogP contribution in [-0.4, -0.2) is 18.2 Å². The number of nitrogens with two attached hydrogens (primary N) is 2. The highest BCUT2D eigenvalue weighted by molar-refractivity contribution is 6.32. The zero-order valence-corrected chi connectivity index (χ0v) is 12.7. The molecule has 3 nitrogen and oxygen atoms in total. The van der Waals surface area contributed by atoms with Crippen LogP contribution < -0.4 is 10.6 Å². The molecule has 0 spiro atoms. The van der Waals surface area contributed by atoms with Crippen molar-refractivity contribution in [3.63, 3.8) is 0 Å². The Kier molecular flexibility index (Phi) is 4.44. The van der Waals surface area contributed by atoms with Crippen molar-refractivity contribution in [2.45, 2.75) is 19.0 Å². The van der Waals surface area contributed by atoms with Gasteiger partial charge in [0.05, 0.1) is 11.6 Å². The van der Waals surface area contributed by atoms with Crippen LogP contribution in [0.1, 0.15) is 22.7 Å². The average molecular weight is 305 g/mol. The molecule has 1 aliphatic rings. The number of hydrogen-bond acceptors (Lipinski definition) is 1. The molecule has 3 rings (SSSR count). The average Bonchev–Trinajstić information content (AvgIpc) is 2.51. The van der Waals surface area contributed by atoms with Crippen molar-refractivity contribution in [1.82, 2.24) is 0 Å². The molecule has 21 heavy (non-hydrogen) atoms. The minimum Gasteiger partial charge on any atom is -0.506 e.